The fraction of sp³-hybridized carbons (Fsp3) is 0.154. The normalized spacial score (nSPS) is 10.0. The molecule has 1 aromatic heterocycles. The SMILES string of the molecule is CN(C)c1ccc(Nc2cncc(N)c2)cc1. The number of nitrogen functional groups attached to an aromatic ring is 1. The Balaban J connectivity index is 2.14. The first kappa shape index (κ1) is 11.3. The number of anilines is 4. The molecular weight excluding hydrogens is 212 g/mol. The Morgan fingerprint density at radius 1 is 1.06 bits per heavy atom. The van der Waals surface area contributed by atoms with Gasteiger partial charge in [0.05, 0.1) is 17.6 Å². The third-order valence-electron chi connectivity index (χ3n) is 2.43. The first-order valence-electron chi connectivity index (χ1n) is 5.40. The van der Waals surface area contributed by atoms with Crippen molar-refractivity contribution in [1.29, 1.82) is 0 Å². The van der Waals surface area contributed by atoms with Crippen molar-refractivity contribution in [3.8, 4) is 0 Å². The molecule has 0 bridgehead atoms. The largest absolute Gasteiger partial charge is 0.397 e. The summed E-state index contributed by atoms with van der Waals surface area (Å²) in [7, 11) is 4.04. The zero-order valence-corrected chi connectivity index (χ0v) is 10.0. The molecule has 2 rings (SSSR count). The van der Waals surface area contributed by atoms with E-state index >= 15 is 0 Å². The molecule has 17 heavy (non-hydrogen) atoms. The van der Waals surface area contributed by atoms with E-state index < -0.39 is 0 Å². The van der Waals surface area contributed by atoms with Crippen LogP contribution in [0.5, 0.6) is 0 Å². The van der Waals surface area contributed by atoms with Crippen molar-refractivity contribution in [2.75, 3.05) is 30.0 Å². The van der Waals surface area contributed by atoms with Gasteiger partial charge in [0.25, 0.3) is 0 Å². The van der Waals surface area contributed by atoms with E-state index in [-0.39, 0.29) is 0 Å². The predicted octanol–water partition coefficient (Wildman–Crippen LogP) is 2.47. The van der Waals surface area contributed by atoms with E-state index in [0.717, 1.165) is 11.4 Å². The molecule has 0 aliphatic heterocycles. The molecule has 1 aromatic carbocycles. The van der Waals surface area contributed by atoms with Crippen LogP contribution in [0.15, 0.2) is 42.7 Å². The number of hydrogen-bond donors (Lipinski definition) is 2. The van der Waals surface area contributed by atoms with Crippen LogP contribution in [0.3, 0.4) is 0 Å². The molecule has 1 heterocycles. The van der Waals surface area contributed by atoms with Crippen LogP contribution in [0.4, 0.5) is 22.7 Å². The standard InChI is InChI=1S/C13H16N4/c1-17(2)13-5-3-11(4-6-13)16-12-7-10(14)8-15-9-12/h3-9,16H,14H2,1-2H3. The number of pyridine rings is 1. The second-order valence-electron chi connectivity index (χ2n) is 4.07. The topological polar surface area (TPSA) is 54.2 Å². The third kappa shape index (κ3) is 2.87. The summed E-state index contributed by atoms with van der Waals surface area (Å²) in [5, 5.41) is 3.25. The summed E-state index contributed by atoms with van der Waals surface area (Å²) in [5.74, 6) is 0. The molecule has 0 radical (unpaired) electrons. The van der Waals surface area contributed by atoms with Gasteiger partial charge in [-0.1, -0.05) is 0 Å². The molecule has 0 fully saturated rings. The fourth-order valence-electron chi connectivity index (χ4n) is 1.54. The van der Waals surface area contributed by atoms with Crippen LogP contribution in [0.1, 0.15) is 0 Å². The highest BCUT2D eigenvalue weighted by atomic mass is 15.1. The number of nitrogens with two attached hydrogens (primary N) is 1. The van der Waals surface area contributed by atoms with Gasteiger partial charge in [-0.25, -0.2) is 0 Å². The van der Waals surface area contributed by atoms with Gasteiger partial charge in [-0.3, -0.25) is 4.98 Å². The zero-order chi connectivity index (χ0) is 12.3. The van der Waals surface area contributed by atoms with Gasteiger partial charge in [-0.15, -0.1) is 0 Å². The molecule has 0 saturated heterocycles. The zero-order valence-electron chi connectivity index (χ0n) is 10.0. The van der Waals surface area contributed by atoms with Crippen LogP contribution in [0.2, 0.25) is 0 Å². The predicted molar refractivity (Wildman–Crippen MR) is 72.7 cm³/mol. The van der Waals surface area contributed by atoms with E-state index in [1.807, 2.05) is 32.3 Å². The second-order valence-corrected chi connectivity index (χ2v) is 4.07. The van der Waals surface area contributed by atoms with Crippen molar-refractivity contribution in [3.63, 3.8) is 0 Å². The lowest BCUT2D eigenvalue weighted by molar-refractivity contribution is 1.13. The Kier molecular flexibility index (Phi) is 3.14. The molecule has 0 atom stereocenters. The molecule has 88 valence electrons. The molecule has 0 aliphatic rings. The van der Waals surface area contributed by atoms with Crippen molar-refractivity contribution >= 4 is 22.7 Å². The quantitative estimate of drug-likeness (QED) is 0.847. The van der Waals surface area contributed by atoms with Gasteiger partial charge in [-0.2, -0.15) is 0 Å². The van der Waals surface area contributed by atoms with E-state index in [1.165, 1.54) is 5.69 Å². The Bertz CT molecular complexity index is 491. The van der Waals surface area contributed by atoms with Gasteiger partial charge in [-0.05, 0) is 30.3 Å². The summed E-state index contributed by atoms with van der Waals surface area (Å²) >= 11 is 0. The summed E-state index contributed by atoms with van der Waals surface area (Å²) < 4.78 is 0. The number of rotatable bonds is 3. The summed E-state index contributed by atoms with van der Waals surface area (Å²) in [6.45, 7) is 0. The Morgan fingerprint density at radius 3 is 2.35 bits per heavy atom. The monoisotopic (exact) mass is 228 g/mol. The molecule has 4 heteroatoms. The van der Waals surface area contributed by atoms with Crippen LogP contribution in [-0.4, -0.2) is 19.1 Å². The fourth-order valence-corrected chi connectivity index (χ4v) is 1.54. The van der Waals surface area contributed by atoms with E-state index in [1.54, 1.807) is 12.4 Å². The summed E-state index contributed by atoms with van der Waals surface area (Å²) in [6.07, 6.45) is 3.37. The highest BCUT2D eigenvalue weighted by Crippen LogP contribution is 2.20. The number of hydrogen-bond acceptors (Lipinski definition) is 4. The van der Waals surface area contributed by atoms with Gasteiger partial charge >= 0.3 is 0 Å². The molecule has 2 aromatic rings. The van der Waals surface area contributed by atoms with Gasteiger partial charge < -0.3 is 16.0 Å². The lowest BCUT2D eigenvalue weighted by Gasteiger charge is -2.13. The Morgan fingerprint density at radius 2 is 1.76 bits per heavy atom. The molecule has 4 nitrogen and oxygen atoms in total. The lowest BCUT2D eigenvalue weighted by atomic mass is 10.2. The molecule has 0 aliphatic carbocycles. The second kappa shape index (κ2) is 4.74. The number of nitrogens with zero attached hydrogens (tertiary/aromatic N) is 2. The summed E-state index contributed by atoms with van der Waals surface area (Å²) in [4.78, 5) is 6.09. The van der Waals surface area contributed by atoms with E-state index in [2.05, 4.69) is 27.3 Å². The minimum absolute atomic E-state index is 0.653. The van der Waals surface area contributed by atoms with E-state index in [4.69, 9.17) is 5.73 Å². The Labute approximate surface area is 101 Å². The van der Waals surface area contributed by atoms with Crippen molar-refractivity contribution in [1.82, 2.24) is 4.98 Å². The molecule has 0 unspecified atom stereocenters. The van der Waals surface area contributed by atoms with Crippen molar-refractivity contribution < 1.29 is 0 Å². The Hall–Kier alpha value is -2.23. The van der Waals surface area contributed by atoms with Crippen LogP contribution >= 0.6 is 0 Å². The molecule has 3 N–H and O–H groups in total. The number of aromatic nitrogens is 1. The van der Waals surface area contributed by atoms with Crippen LogP contribution in [-0.2, 0) is 0 Å². The average Bonchev–Trinajstić information content (AvgIpc) is 2.29. The van der Waals surface area contributed by atoms with Gasteiger partial charge in [0.2, 0.25) is 0 Å². The van der Waals surface area contributed by atoms with Gasteiger partial charge in [0, 0.05) is 31.7 Å². The average molecular weight is 228 g/mol. The van der Waals surface area contributed by atoms with Crippen LogP contribution in [0, 0.1) is 0 Å². The third-order valence-corrected chi connectivity index (χ3v) is 2.43. The molecule has 0 spiro atoms. The molecule has 0 amide bonds. The minimum Gasteiger partial charge on any atom is -0.397 e. The van der Waals surface area contributed by atoms with Crippen molar-refractivity contribution in [3.05, 3.63) is 42.7 Å². The van der Waals surface area contributed by atoms with Gasteiger partial charge in [0.15, 0.2) is 0 Å². The van der Waals surface area contributed by atoms with E-state index in [0.29, 0.717) is 5.69 Å². The summed E-state index contributed by atoms with van der Waals surface area (Å²) in [6, 6.07) is 10.0. The molecular formula is C13H16N4. The molecule has 0 saturated carbocycles. The highest BCUT2D eigenvalue weighted by Gasteiger charge is 1.97. The number of nitrogens with one attached hydrogen (secondary N) is 1. The van der Waals surface area contributed by atoms with Crippen LogP contribution in [0.25, 0.3) is 0 Å². The van der Waals surface area contributed by atoms with Crippen molar-refractivity contribution in [2.24, 2.45) is 0 Å². The first-order chi connectivity index (χ1) is 8.15. The summed E-state index contributed by atoms with van der Waals surface area (Å²) in [5.41, 5.74) is 9.40. The smallest absolute Gasteiger partial charge is 0.0591 e. The van der Waals surface area contributed by atoms with Crippen molar-refractivity contribution in [2.45, 2.75) is 0 Å². The maximum atomic E-state index is 5.67. The highest BCUT2D eigenvalue weighted by molar-refractivity contribution is 5.64. The van der Waals surface area contributed by atoms with E-state index in [9.17, 15) is 0 Å². The maximum Gasteiger partial charge on any atom is 0.0591 e. The first-order valence-corrected chi connectivity index (χ1v) is 5.40. The maximum absolute atomic E-state index is 5.67. The minimum atomic E-state index is 0.653. The number of benzene rings is 1. The lowest BCUT2D eigenvalue weighted by Crippen LogP contribution is -2.08. The van der Waals surface area contributed by atoms with Gasteiger partial charge in [0.1, 0.15) is 0 Å². The van der Waals surface area contributed by atoms with Crippen LogP contribution < -0.4 is 16.0 Å².